The normalized spacial score (nSPS) is 12.9. The number of aryl methyl sites for hydroxylation is 3. The first kappa shape index (κ1) is 24.1. The largest absolute Gasteiger partial charge is 0.455 e. The molecule has 0 fully saturated rings. The number of halogens is 7. The molecule has 36 heavy (non-hydrogen) atoms. The van der Waals surface area contributed by atoms with E-state index in [1.165, 1.54) is 68.9 Å². The van der Waals surface area contributed by atoms with Crippen molar-refractivity contribution in [1.29, 1.82) is 0 Å². The van der Waals surface area contributed by atoms with E-state index in [-0.39, 0.29) is 55.1 Å². The molecule has 0 amide bonds. The molecule has 0 bridgehead atoms. The number of furan rings is 1. The SMILES string of the molecule is Cc1cc2oc3c(C(F)(F)F)c(C)c(-c4cc5cccc(C(F)(F)F)c5c[n+]4C)cc3c2c(C)c1F. The van der Waals surface area contributed by atoms with E-state index in [4.69, 9.17) is 4.42 Å². The van der Waals surface area contributed by atoms with Gasteiger partial charge < -0.3 is 4.42 Å². The van der Waals surface area contributed by atoms with E-state index in [9.17, 15) is 30.7 Å². The monoisotopic (exact) mass is 506 g/mol. The van der Waals surface area contributed by atoms with Crippen LogP contribution in [0.15, 0.2) is 47.0 Å². The van der Waals surface area contributed by atoms with Crippen molar-refractivity contribution in [2.24, 2.45) is 7.05 Å². The van der Waals surface area contributed by atoms with Gasteiger partial charge in [-0.05, 0) is 61.0 Å². The Morgan fingerprint density at radius 3 is 2.17 bits per heavy atom. The van der Waals surface area contributed by atoms with Crippen LogP contribution < -0.4 is 4.57 Å². The number of nitrogens with zero attached hydrogens (tertiary/aromatic N) is 1. The van der Waals surface area contributed by atoms with E-state index in [0.717, 1.165) is 6.07 Å². The Labute approximate surface area is 200 Å². The molecule has 2 aromatic heterocycles. The van der Waals surface area contributed by atoms with Gasteiger partial charge in [0.2, 0.25) is 5.69 Å². The van der Waals surface area contributed by atoms with Crippen molar-refractivity contribution < 1.29 is 39.7 Å². The first-order valence-corrected chi connectivity index (χ1v) is 10.9. The maximum absolute atomic E-state index is 14.7. The predicted octanol–water partition coefficient (Wildman–Crippen LogP) is 8.33. The average Bonchev–Trinajstić information content (AvgIpc) is 3.11. The highest BCUT2D eigenvalue weighted by Crippen LogP contribution is 2.46. The second kappa shape index (κ2) is 7.69. The lowest BCUT2D eigenvalue weighted by atomic mass is 9.93. The molecule has 9 heteroatoms. The number of hydrogen-bond donors (Lipinski definition) is 0. The minimum absolute atomic E-state index is 0.0758. The molecule has 0 aliphatic rings. The van der Waals surface area contributed by atoms with Gasteiger partial charge in [0.25, 0.3) is 0 Å². The molecule has 3 aromatic carbocycles. The third-order valence-corrected chi connectivity index (χ3v) is 6.66. The van der Waals surface area contributed by atoms with Gasteiger partial charge in [-0.15, -0.1) is 0 Å². The van der Waals surface area contributed by atoms with Crippen LogP contribution in [0.3, 0.4) is 0 Å². The Morgan fingerprint density at radius 2 is 1.53 bits per heavy atom. The van der Waals surface area contributed by atoms with Crippen LogP contribution in [0, 0.1) is 26.6 Å². The lowest BCUT2D eigenvalue weighted by Gasteiger charge is -2.15. The van der Waals surface area contributed by atoms with E-state index in [1.54, 1.807) is 0 Å². The highest BCUT2D eigenvalue weighted by Gasteiger charge is 2.39. The van der Waals surface area contributed by atoms with Crippen LogP contribution in [0.5, 0.6) is 0 Å². The van der Waals surface area contributed by atoms with Crippen LogP contribution in [0.1, 0.15) is 27.8 Å². The van der Waals surface area contributed by atoms with Gasteiger partial charge in [-0.25, -0.2) is 8.96 Å². The molecule has 0 radical (unpaired) electrons. The van der Waals surface area contributed by atoms with E-state index >= 15 is 0 Å². The molecule has 5 aromatic rings. The van der Waals surface area contributed by atoms with Gasteiger partial charge in [-0.1, -0.05) is 12.1 Å². The van der Waals surface area contributed by atoms with Gasteiger partial charge in [0.1, 0.15) is 29.6 Å². The molecule has 0 aliphatic carbocycles. The Bertz CT molecular complexity index is 1710. The summed E-state index contributed by atoms with van der Waals surface area (Å²) in [6, 6.07) is 7.97. The highest BCUT2D eigenvalue weighted by atomic mass is 19.4. The van der Waals surface area contributed by atoms with Crippen molar-refractivity contribution in [2.45, 2.75) is 33.1 Å². The molecule has 0 N–H and O–H groups in total. The van der Waals surface area contributed by atoms with Crippen LogP contribution in [-0.4, -0.2) is 0 Å². The summed E-state index contributed by atoms with van der Waals surface area (Å²) in [6.45, 7) is 4.27. The summed E-state index contributed by atoms with van der Waals surface area (Å²) in [5.41, 5.74) is -1.46. The fraction of sp³-hybridized carbons (Fsp3) is 0.222. The van der Waals surface area contributed by atoms with Crippen molar-refractivity contribution in [3.05, 3.63) is 76.2 Å². The molecule has 0 aliphatic heterocycles. The molecule has 2 heterocycles. The van der Waals surface area contributed by atoms with E-state index in [2.05, 4.69) is 0 Å². The summed E-state index contributed by atoms with van der Waals surface area (Å²) in [6.07, 6.45) is -8.14. The Hall–Kier alpha value is -3.62. The van der Waals surface area contributed by atoms with Crippen LogP contribution in [0.4, 0.5) is 30.7 Å². The third-order valence-electron chi connectivity index (χ3n) is 6.66. The summed E-state index contributed by atoms with van der Waals surface area (Å²) in [5.74, 6) is -0.545. The lowest BCUT2D eigenvalue weighted by molar-refractivity contribution is -0.659. The van der Waals surface area contributed by atoms with Gasteiger partial charge in [-0.3, -0.25) is 0 Å². The van der Waals surface area contributed by atoms with Gasteiger partial charge in [0.05, 0.1) is 16.5 Å². The standard InChI is InChI=1S/C27H19F7NO/c1-12-8-21-22(14(3)24(12)28)17-10-16(13(2)23(25(17)36-21)27(32,33)34)20-9-15-6-5-7-19(26(29,30)31)18(15)11-35(20)4/h5-11H,1-4H3/q+1. The van der Waals surface area contributed by atoms with Crippen molar-refractivity contribution in [3.63, 3.8) is 0 Å². The second-order valence-electron chi connectivity index (χ2n) is 8.98. The molecular weight excluding hydrogens is 487 g/mol. The summed E-state index contributed by atoms with van der Waals surface area (Å²) >= 11 is 0. The lowest BCUT2D eigenvalue weighted by Crippen LogP contribution is -2.31. The van der Waals surface area contributed by atoms with Crippen LogP contribution in [-0.2, 0) is 19.4 Å². The molecule has 0 saturated carbocycles. The van der Waals surface area contributed by atoms with Gasteiger partial charge >= 0.3 is 12.4 Å². The van der Waals surface area contributed by atoms with Gasteiger partial charge in [-0.2, -0.15) is 26.3 Å². The third kappa shape index (κ3) is 3.51. The predicted molar refractivity (Wildman–Crippen MR) is 122 cm³/mol. The zero-order chi connectivity index (χ0) is 26.3. The van der Waals surface area contributed by atoms with Gasteiger partial charge in [0, 0.05) is 16.8 Å². The maximum atomic E-state index is 14.7. The fourth-order valence-electron chi connectivity index (χ4n) is 4.98. The Kier molecular flexibility index (Phi) is 5.14. The van der Waals surface area contributed by atoms with Crippen molar-refractivity contribution in [1.82, 2.24) is 0 Å². The number of rotatable bonds is 1. The fourth-order valence-corrected chi connectivity index (χ4v) is 4.98. The zero-order valence-corrected chi connectivity index (χ0v) is 19.5. The van der Waals surface area contributed by atoms with Crippen LogP contribution in [0.25, 0.3) is 44.0 Å². The number of hydrogen-bond acceptors (Lipinski definition) is 1. The number of fused-ring (bicyclic) bond motifs is 4. The number of pyridine rings is 1. The molecular formula is C27H19F7NO+. The number of alkyl halides is 6. The molecule has 0 atom stereocenters. The average molecular weight is 506 g/mol. The van der Waals surface area contributed by atoms with Crippen molar-refractivity contribution >= 4 is 32.7 Å². The first-order valence-electron chi connectivity index (χ1n) is 10.9. The first-order chi connectivity index (χ1) is 16.7. The van der Waals surface area contributed by atoms with E-state index in [1.807, 2.05) is 0 Å². The number of aromatic nitrogens is 1. The summed E-state index contributed by atoms with van der Waals surface area (Å²) < 4.78 is 105. The summed E-state index contributed by atoms with van der Waals surface area (Å²) in [7, 11) is 1.47. The molecule has 5 rings (SSSR count). The van der Waals surface area contributed by atoms with Gasteiger partial charge in [0.15, 0.2) is 6.20 Å². The smallest absolute Gasteiger partial charge is 0.420 e. The molecule has 0 saturated heterocycles. The Balaban J connectivity index is 1.92. The van der Waals surface area contributed by atoms with Crippen molar-refractivity contribution in [3.8, 4) is 11.3 Å². The Morgan fingerprint density at radius 1 is 0.833 bits per heavy atom. The molecule has 2 nitrogen and oxygen atoms in total. The minimum atomic E-state index is -4.80. The van der Waals surface area contributed by atoms with Crippen LogP contribution in [0.2, 0.25) is 0 Å². The second-order valence-corrected chi connectivity index (χ2v) is 8.98. The van der Waals surface area contributed by atoms with Crippen LogP contribution >= 0.6 is 0 Å². The van der Waals surface area contributed by atoms with Crippen molar-refractivity contribution in [2.75, 3.05) is 0 Å². The number of benzene rings is 3. The molecule has 0 unspecified atom stereocenters. The topological polar surface area (TPSA) is 17.0 Å². The van der Waals surface area contributed by atoms with E-state index < -0.39 is 34.9 Å². The quantitative estimate of drug-likeness (QED) is 0.165. The molecule has 0 spiro atoms. The minimum Gasteiger partial charge on any atom is -0.455 e. The highest BCUT2D eigenvalue weighted by molar-refractivity contribution is 6.10. The van der Waals surface area contributed by atoms with E-state index in [0.29, 0.717) is 0 Å². The summed E-state index contributed by atoms with van der Waals surface area (Å²) in [5, 5.41) is 0.454. The summed E-state index contributed by atoms with van der Waals surface area (Å²) in [4.78, 5) is 0. The molecule has 186 valence electrons. The zero-order valence-electron chi connectivity index (χ0n) is 19.5. The maximum Gasteiger partial charge on any atom is 0.420 e.